The summed E-state index contributed by atoms with van der Waals surface area (Å²) in [6.45, 7) is 0. The minimum Gasteiger partial charge on any atom is -0.463 e. The molecule has 0 aliphatic carbocycles. The van der Waals surface area contributed by atoms with Gasteiger partial charge < -0.3 is 4.74 Å². The fraction of sp³-hybridized carbons (Fsp3) is 0.200. The molecule has 0 N–H and O–H groups in total. The highest BCUT2D eigenvalue weighted by Gasteiger charge is 2.32. The maximum Gasteiger partial charge on any atom is 0.433 e. The van der Waals surface area contributed by atoms with Gasteiger partial charge in [0.1, 0.15) is 12.0 Å². The van der Waals surface area contributed by atoms with Crippen molar-refractivity contribution in [3.63, 3.8) is 0 Å². The lowest BCUT2D eigenvalue weighted by molar-refractivity contribution is -0.141. The second-order valence-corrected chi connectivity index (χ2v) is 3.38. The van der Waals surface area contributed by atoms with Gasteiger partial charge in [0.05, 0.1) is 7.11 Å². The molecular formula is C10H7F3N4O2. The van der Waals surface area contributed by atoms with E-state index in [-0.39, 0.29) is 11.6 Å². The van der Waals surface area contributed by atoms with E-state index in [1.807, 2.05) is 0 Å². The van der Waals surface area contributed by atoms with Crippen LogP contribution < -0.4 is 0 Å². The summed E-state index contributed by atoms with van der Waals surface area (Å²) < 4.78 is 42.8. The Morgan fingerprint density at radius 2 is 2.11 bits per heavy atom. The maximum atomic E-state index is 12.5. The van der Waals surface area contributed by atoms with Gasteiger partial charge in [0.15, 0.2) is 5.82 Å². The second-order valence-electron chi connectivity index (χ2n) is 3.38. The van der Waals surface area contributed by atoms with Crippen LogP contribution in [0.15, 0.2) is 24.5 Å². The molecule has 100 valence electrons. The molecule has 0 fully saturated rings. The number of hydrogen-bond donors (Lipinski definition) is 0. The lowest BCUT2D eigenvalue weighted by Gasteiger charge is -2.06. The third-order valence-electron chi connectivity index (χ3n) is 2.12. The van der Waals surface area contributed by atoms with Crippen molar-refractivity contribution >= 4 is 5.97 Å². The van der Waals surface area contributed by atoms with Crippen molar-refractivity contribution in [1.29, 1.82) is 0 Å². The molecule has 0 atom stereocenters. The van der Waals surface area contributed by atoms with Crippen LogP contribution in [-0.4, -0.2) is 32.8 Å². The first-order chi connectivity index (χ1) is 8.91. The van der Waals surface area contributed by atoms with Gasteiger partial charge in [-0.1, -0.05) is 6.07 Å². The van der Waals surface area contributed by atoms with Gasteiger partial charge in [-0.15, -0.1) is 5.10 Å². The number of esters is 1. The van der Waals surface area contributed by atoms with Crippen molar-refractivity contribution in [2.24, 2.45) is 0 Å². The fourth-order valence-corrected chi connectivity index (χ4v) is 1.27. The van der Waals surface area contributed by atoms with Gasteiger partial charge >= 0.3 is 12.1 Å². The number of ether oxygens (including phenoxy) is 1. The van der Waals surface area contributed by atoms with Crippen molar-refractivity contribution in [2.75, 3.05) is 7.11 Å². The zero-order chi connectivity index (χ0) is 14.0. The summed E-state index contributed by atoms with van der Waals surface area (Å²) in [5, 5.41) is 3.68. The van der Waals surface area contributed by atoms with Gasteiger partial charge in [-0.25, -0.2) is 19.4 Å². The summed E-state index contributed by atoms with van der Waals surface area (Å²) in [4.78, 5) is 18.1. The van der Waals surface area contributed by atoms with Crippen LogP contribution in [0.1, 0.15) is 16.3 Å². The first-order valence-electron chi connectivity index (χ1n) is 4.96. The van der Waals surface area contributed by atoms with Crippen molar-refractivity contribution < 1.29 is 22.7 Å². The highest BCUT2D eigenvalue weighted by Crippen LogP contribution is 2.27. The molecule has 2 rings (SSSR count). The minimum atomic E-state index is -4.55. The average Bonchev–Trinajstić information content (AvgIpc) is 2.86. The van der Waals surface area contributed by atoms with E-state index in [0.29, 0.717) is 0 Å². The Balaban J connectivity index is 2.37. The van der Waals surface area contributed by atoms with Crippen LogP contribution in [0.25, 0.3) is 5.82 Å². The van der Waals surface area contributed by atoms with Gasteiger partial charge in [-0.3, -0.25) is 0 Å². The first-order valence-corrected chi connectivity index (χ1v) is 4.96. The van der Waals surface area contributed by atoms with Gasteiger partial charge in [0, 0.05) is 0 Å². The summed E-state index contributed by atoms with van der Waals surface area (Å²) in [6, 6.07) is 3.33. The maximum absolute atomic E-state index is 12.5. The van der Waals surface area contributed by atoms with Crippen LogP contribution in [0.4, 0.5) is 13.2 Å². The van der Waals surface area contributed by atoms with Crippen LogP contribution in [0.3, 0.4) is 0 Å². The summed E-state index contributed by atoms with van der Waals surface area (Å²) in [6.07, 6.45) is -3.48. The predicted molar refractivity (Wildman–Crippen MR) is 55.5 cm³/mol. The van der Waals surface area contributed by atoms with E-state index in [1.165, 1.54) is 12.1 Å². The number of pyridine rings is 1. The van der Waals surface area contributed by atoms with Crippen molar-refractivity contribution in [3.05, 3.63) is 36.0 Å². The molecule has 0 aliphatic heterocycles. The van der Waals surface area contributed by atoms with Crippen LogP contribution in [0.5, 0.6) is 0 Å². The molecule has 2 heterocycles. The quantitative estimate of drug-likeness (QED) is 0.774. The molecule has 0 amide bonds. The fourth-order valence-electron chi connectivity index (χ4n) is 1.27. The number of methoxy groups -OCH3 is 1. The molecule has 2 aromatic rings. The zero-order valence-electron chi connectivity index (χ0n) is 9.55. The predicted octanol–water partition coefficient (Wildman–Crippen LogP) is 1.47. The summed E-state index contributed by atoms with van der Waals surface area (Å²) in [7, 11) is 1.14. The van der Waals surface area contributed by atoms with Crippen LogP contribution in [0, 0.1) is 0 Å². The third kappa shape index (κ3) is 2.69. The Morgan fingerprint density at radius 1 is 1.37 bits per heavy atom. The van der Waals surface area contributed by atoms with Gasteiger partial charge in [0.25, 0.3) is 5.82 Å². The Morgan fingerprint density at radius 3 is 2.74 bits per heavy atom. The lowest BCUT2D eigenvalue weighted by Crippen LogP contribution is -2.11. The summed E-state index contributed by atoms with van der Waals surface area (Å²) in [5.74, 6) is -1.15. The second kappa shape index (κ2) is 4.67. The largest absolute Gasteiger partial charge is 0.463 e. The Hall–Kier alpha value is -2.45. The number of aromatic nitrogens is 4. The SMILES string of the molecule is COC(=O)c1ncn(-c2cccc(C(F)(F)F)n2)n1. The van der Waals surface area contributed by atoms with Gasteiger partial charge in [-0.05, 0) is 12.1 Å². The Labute approximate surface area is 104 Å². The van der Waals surface area contributed by atoms with Gasteiger partial charge in [-0.2, -0.15) is 13.2 Å². The first kappa shape index (κ1) is 13.0. The normalized spacial score (nSPS) is 11.4. The van der Waals surface area contributed by atoms with Crippen molar-refractivity contribution in [2.45, 2.75) is 6.18 Å². The number of carbonyl (C=O) groups is 1. The highest BCUT2D eigenvalue weighted by atomic mass is 19.4. The Bertz CT molecular complexity index is 609. The molecular weight excluding hydrogens is 265 g/mol. The molecule has 6 nitrogen and oxygen atoms in total. The molecule has 0 spiro atoms. The lowest BCUT2D eigenvalue weighted by atomic mass is 10.3. The molecule has 2 aromatic heterocycles. The van der Waals surface area contributed by atoms with E-state index in [9.17, 15) is 18.0 Å². The number of carbonyl (C=O) groups excluding carboxylic acids is 1. The number of alkyl halides is 3. The van der Waals surface area contributed by atoms with Crippen LogP contribution >= 0.6 is 0 Å². The van der Waals surface area contributed by atoms with Gasteiger partial charge in [0.2, 0.25) is 0 Å². The number of nitrogens with zero attached hydrogens (tertiary/aromatic N) is 4. The third-order valence-corrected chi connectivity index (χ3v) is 2.12. The van der Waals surface area contributed by atoms with E-state index < -0.39 is 17.8 Å². The molecule has 0 saturated heterocycles. The van der Waals surface area contributed by atoms with Crippen LogP contribution in [-0.2, 0) is 10.9 Å². The van der Waals surface area contributed by atoms with E-state index >= 15 is 0 Å². The van der Waals surface area contributed by atoms with Crippen molar-refractivity contribution in [1.82, 2.24) is 19.7 Å². The Kier molecular flexibility index (Phi) is 3.19. The summed E-state index contributed by atoms with van der Waals surface area (Å²) in [5.41, 5.74) is -1.06. The highest BCUT2D eigenvalue weighted by molar-refractivity contribution is 5.84. The number of rotatable bonds is 2. The molecule has 19 heavy (non-hydrogen) atoms. The number of hydrogen-bond acceptors (Lipinski definition) is 5. The standard InChI is InChI=1S/C10H7F3N4O2/c1-19-9(18)8-14-5-17(16-8)7-4-2-3-6(15-7)10(11,12)13/h2-5H,1H3. The monoisotopic (exact) mass is 272 g/mol. The average molecular weight is 272 g/mol. The van der Waals surface area contributed by atoms with E-state index in [1.54, 1.807) is 0 Å². The van der Waals surface area contributed by atoms with E-state index in [4.69, 9.17) is 0 Å². The number of halogens is 3. The molecule has 9 heteroatoms. The molecule has 0 saturated carbocycles. The topological polar surface area (TPSA) is 69.9 Å². The minimum absolute atomic E-state index is 0.0996. The molecule has 0 aromatic carbocycles. The van der Waals surface area contributed by atoms with E-state index in [0.717, 1.165) is 24.2 Å². The molecule has 0 bridgehead atoms. The van der Waals surface area contributed by atoms with Crippen molar-refractivity contribution in [3.8, 4) is 5.82 Å². The molecule has 0 radical (unpaired) electrons. The van der Waals surface area contributed by atoms with E-state index in [2.05, 4.69) is 19.8 Å². The molecule has 0 aliphatic rings. The molecule has 0 unspecified atom stereocenters. The zero-order valence-corrected chi connectivity index (χ0v) is 9.55. The summed E-state index contributed by atoms with van der Waals surface area (Å²) >= 11 is 0. The van der Waals surface area contributed by atoms with Crippen LogP contribution in [0.2, 0.25) is 0 Å². The smallest absolute Gasteiger partial charge is 0.433 e.